The van der Waals surface area contributed by atoms with Crippen molar-refractivity contribution in [1.29, 1.82) is 0 Å². The topological polar surface area (TPSA) is 103 Å². The predicted molar refractivity (Wildman–Crippen MR) is 47.3 cm³/mol. The van der Waals surface area contributed by atoms with Gasteiger partial charge in [0.1, 0.15) is 0 Å². The summed E-state index contributed by atoms with van der Waals surface area (Å²) in [4.78, 5) is 37.3. The Hall–Kier alpha value is -1.86. The van der Waals surface area contributed by atoms with Crippen LogP contribution in [0, 0.1) is 0 Å². The maximum absolute atomic E-state index is 11.0. The van der Waals surface area contributed by atoms with E-state index in [4.69, 9.17) is 0 Å². The van der Waals surface area contributed by atoms with E-state index in [1.807, 2.05) is 0 Å². The molecule has 80 valence electrons. The van der Waals surface area contributed by atoms with Gasteiger partial charge in [0.05, 0.1) is 18.7 Å². The van der Waals surface area contributed by atoms with Gasteiger partial charge >= 0.3 is 11.8 Å². The molecule has 1 aliphatic heterocycles. The fourth-order valence-electron chi connectivity index (χ4n) is 0.986. The van der Waals surface area contributed by atoms with Gasteiger partial charge in [0.2, 0.25) is 0 Å². The molecule has 0 aromatic carbocycles. The highest BCUT2D eigenvalue weighted by Crippen LogP contribution is 1.93. The summed E-state index contributed by atoms with van der Waals surface area (Å²) in [6.45, 7) is -0.0741. The molecular weight excluding hydrogens is 202 g/mol. The van der Waals surface area contributed by atoms with Crippen molar-refractivity contribution in [2.45, 2.75) is 0 Å². The van der Waals surface area contributed by atoms with Crippen molar-refractivity contribution in [3.63, 3.8) is 0 Å². The van der Waals surface area contributed by atoms with E-state index in [-0.39, 0.29) is 19.1 Å². The number of hydrogen-bond donors (Lipinski definition) is 2. The molecule has 7 nitrogen and oxygen atoms in total. The molecule has 4 N–H and O–H groups in total. The van der Waals surface area contributed by atoms with Crippen molar-refractivity contribution in [1.82, 2.24) is 5.32 Å². The van der Waals surface area contributed by atoms with Crippen LogP contribution < -0.4 is 11.2 Å². The first-order chi connectivity index (χ1) is 7.15. The van der Waals surface area contributed by atoms with Gasteiger partial charge in [-0.25, -0.2) is 15.5 Å². The SMILES string of the molecule is [NH3+]OCC(=O)NCC=[N+]1C(=O)C=CC1=O. The first-order valence-corrected chi connectivity index (χ1v) is 4.17. The molecule has 1 aliphatic rings. The number of carbonyl (C=O) groups excluding carboxylic acids is 3. The van der Waals surface area contributed by atoms with E-state index in [2.05, 4.69) is 16.1 Å². The van der Waals surface area contributed by atoms with Crippen LogP contribution >= 0.6 is 0 Å². The number of carbonyl (C=O) groups is 3. The maximum Gasteiger partial charge on any atom is 0.420 e. The quantitative estimate of drug-likeness (QED) is 0.295. The van der Waals surface area contributed by atoms with Crippen molar-refractivity contribution >= 4 is 23.9 Å². The molecule has 7 heteroatoms. The number of imide groups is 1. The molecule has 0 spiro atoms. The molecule has 0 bridgehead atoms. The zero-order valence-corrected chi connectivity index (χ0v) is 7.93. The minimum Gasteiger partial charge on any atom is -0.344 e. The predicted octanol–water partition coefficient (Wildman–Crippen LogP) is -3.02. The smallest absolute Gasteiger partial charge is 0.344 e. The number of quaternary nitrogens is 1. The number of hydrogen-bond acceptors (Lipinski definition) is 4. The van der Waals surface area contributed by atoms with Crippen molar-refractivity contribution in [3.05, 3.63) is 12.2 Å². The Balaban J connectivity index is 2.42. The Bertz CT molecular complexity index is 339. The van der Waals surface area contributed by atoms with Gasteiger partial charge in [0, 0.05) is 0 Å². The third-order valence-corrected chi connectivity index (χ3v) is 1.65. The second-order valence-corrected chi connectivity index (χ2v) is 2.71. The second-order valence-electron chi connectivity index (χ2n) is 2.71. The third-order valence-electron chi connectivity index (χ3n) is 1.65. The Morgan fingerprint density at radius 1 is 1.47 bits per heavy atom. The van der Waals surface area contributed by atoms with Crippen LogP contribution in [-0.2, 0) is 19.2 Å². The van der Waals surface area contributed by atoms with E-state index < -0.39 is 11.8 Å². The Morgan fingerprint density at radius 3 is 2.60 bits per heavy atom. The summed E-state index contributed by atoms with van der Waals surface area (Å²) in [5.74, 6) is 1.84. The van der Waals surface area contributed by atoms with E-state index in [9.17, 15) is 14.4 Å². The van der Waals surface area contributed by atoms with Crippen LogP contribution in [0.5, 0.6) is 0 Å². The minimum absolute atomic E-state index is 0.0847. The van der Waals surface area contributed by atoms with E-state index in [0.717, 1.165) is 4.58 Å². The van der Waals surface area contributed by atoms with Crippen LogP contribution in [-0.4, -0.2) is 41.7 Å². The number of rotatable bonds is 4. The highest BCUT2D eigenvalue weighted by atomic mass is 16.6. The molecule has 3 amide bonds. The molecule has 0 saturated carbocycles. The van der Waals surface area contributed by atoms with Gasteiger partial charge in [0.25, 0.3) is 5.91 Å². The average Bonchev–Trinajstić information content (AvgIpc) is 2.49. The van der Waals surface area contributed by atoms with Crippen LogP contribution in [0.2, 0.25) is 0 Å². The average molecular weight is 213 g/mol. The molecule has 0 radical (unpaired) electrons. The molecule has 15 heavy (non-hydrogen) atoms. The molecule has 0 aliphatic carbocycles. The van der Waals surface area contributed by atoms with Crippen molar-refractivity contribution in [2.24, 2.45) is 0 Å². The Kier molecular flexibility index (Phi) is 3.83. The summed E-state index contributed by atoms with van der Waals surface area (Å²) in [6, 6.07) is 0. The lowest BCUT2D eigenvalue weighted by Gasteiger charge is -1.96. The Labute approximate surface area is 85.1 Å². The van der Waals surface area contributed by atoms with Crippen molar-refractivity contribution < 1.29 is 29.7 Å². The number of nitrogens with one attached hydrogen (secondary N) is 1. The summed E-state index contributed by atoms with van der Waals surface area (Å²) < 4.78 is 0.922. The number of nitrogens with zero attached hydrogens (tertiary/aromatic N) is 1. The van der Waals surface area contributed by atoms with Gasteiger partial charge in [-0.1, -0.05) is 4.58 Å². The summed E-state index contributed by atoms with van der Waals surface area (Å²) >= 11 is 0. The fourth-order valence-corrected chi connectivity index (χ4v) is 0.986. The van der Waals surface area contributed by atoms with Gasteiger partial charge in [-0.2, -0.15) is 4.84 Å². The zero-order chi connectivity index (χ0) is 11.3. The zero-order valence-electron chi connectivity index (χ0n) is 7.93. The van der Waals surface area contributed by atoms with Crippen molar-refractivity contribution in [3.8, 4) is 0 Å². The molecular formula is C8H11N3O4+2. The minimum atomic E-state index is -0.414. The van der Waals surface area contributed by atoms with Crippen LogP contribution in [0.15, 0.2) is 12.2 Å². The van der Waals surface area contributed by atoms with Crippen LogP contribution in [0.4, 0.5) is 0 Å². The maximum atomic E-state index is 11.0. The molecule has 0 atom stereocenters. The van der Waals surface area contributed by atoms with Gasteiger partial charge in [-0.15, -0.1) is 0 Å². The standard InChI is InChI=1S/C8H10N3O4/c9-15-5-6(12)10-3-4-11-7(13)1-2-8(11)14/h1-2,4H,3,5H2,9H3/q+1/p+1. The van der Waals surface area contributed by atoms with Crippen LogP contribution in [0.1, 0.15) is 0 Å². The van der Waals surface area contributed by atoms with E-state index in [0.29, 0.717) is 0 Å². The Morgan fingerprint density at radius 2 is 2.07 bits per heavy atom. The lowest BCUT2D eigenvalue weighted by molar-refractivity contribution is -0.685. The second kappa shape index (κ2) is 5.13. The molecule has 0 saturated heterocycles. The van der Waals surface area contributed by atoms with Crippen LogP contribution in [0.3, 0.4) is 0 Å². The fraction of sp³-hybridized carbons (Fsp3) is 0.250. The summed E-state index contributed by atoms with van der Waals surface area (Å²) in [5, 5.41) is 2.42. The largest absolute Gasteiger partial charge is 0.420 e. The van der Waals surface area contributed by atoms with Gasteiger partial charge in [0.15, 0.2) is 12.8 Å². The summed E-state index contributed by atoms with van der Waals surface area (Å²) in [7, 11) is 0. The monoisotopic (exact) mass is 213 g/mol. The normalized spacial score (nSPS) is 14.6. The third kappa shape index (κ3) is 3.08. The molecule has 1 heterocycles. The van der Waals surface area contributed by atoms with Gasteiger partial charge < -0.3 is 5.32 Å². The molecule has 0 aromatic rings. The van der Waals surface area contributed by atoms with E-state index in [1.165, 1.54) is 18.4 Å². The first kappa shape index (κ1) is 11.2. The van der Waals surface area contributed by atoms with E-state index in [1.54, 1.807) is 0 Å². The highest BCUT2D eigenvalue weighted by molar-refractivity contribution is 6.04. The van der Waals surface area contributed by atoms with Gasteiger partial charge in [-0.05, 0) is 0 Å². The molecule has 0 aromatic heterocycles. The molecule has 0 fully saturated rings. The summed E-state index contributed by atoms with van der Waals surface area (Å²) in [5.41, 5.74) is 0. The number of amides is 3. The molecule has 1 rings (SSSR count). The lowest BCUT2D eigenvalue weighted by atomic mass is 10.5. The van der Waals surface area contributed by atoms with Gasteiger partial charge in [-0.3, -0.25) is 4.79 Å². The first-order valence-electron chi connectivity index (χ1n) is 4.17. The molecule has 0 unspecified atom stereocenters. The van der Waals surface area contributed by atoms with Crippen molar-refractivity contribution in [2.75, 3.05) is 13.2 Å². The van der Waals surface area contributed by atoms with Crippen LogP contribution in [0.25, 0.3) is 0 Å². The summed E-state index contributed by atoms with van der Waals surface area (Å²) in [6.07, 6.45) is 3.63. The lowest BCUT2D eigenvalue weighted by Crippen LogP contribution is -2.51. The van der Waals surface area contributed by atoms with E-state index >= 15 is 0 Å². The highest BCUT2D eigenvalue weighted by Gasteiger charge is 2.28.